The van der Waals surface area contributed by atoms with Gasteiger partial charge < -0.3 is 9.67 Å². The van der Waals surface area contributed by atoms with E-state index in [0.29, 0.717) is 5.39 Å². The number of phenols is 1. The fourth-order valence-corrected chi connectivity index (χ4v) is 9.04. The molecule has 0 amide bonds. The first kappa shape index (κ1) is 25.8. The molecule has 6 heteroatoms. The lowest BCUT2D eigenvalue weighted by molar-refractivity contribution is -0.154. The van der Waals surface area contributed by atoms with E-state index < -0.39 is 18.5 Å². The molecule has 0 aromatic heterocycles. The van der Waals surface area contributed by atoms with E-state index in [2.05, 4.69) is 0 Å². The molecular weight excluding hydrogens is 504 g/mol. The second-order valence-electron chi connectivity index (χ2n) is 9.51. The van der Waals surface area contributed by atoms with E-state index in [1.54, 1.807) is 68.4 Å². The maximum atomic E-state index is 16.1. The van der Waals surface area contributed by atoms with Gasteiger partial charge >= 0.3 is 6.18 Å². The van der Waals surface area contributed by atoms with E-state index in [1.807, 2.05) is 12.1 Å². The number of hydrogen-bond donors (Lipinski definition) is 1. The van der Waals surface area contributed by atoms with Crippen LogP contribution in [0.1, 0.15) is 22.3 Å². The summed E-state index contributed by atoms with van der Waals surface area (Å²) in [5.74, 6) is -0.0856. The van der Waals surface area contributed by atoms with Crippen LogP contribution in [0.4, 0.5) is 13.2 Å². The number of alkyl halides is 3. The molecule has 1 atom stereocenters. The van der Waals surface area contributed by atoms with Crippen LogP contribution in [0.15, 0.2) is 115 Å². The quantitative estimate of drug-likeness (QED) is 0.234. The summed E-state index contributed by atoms with van der Waals surface area (Å²) < 4.78 is 64.2. The number of fused-ring (bicyclic) bond motifs is 1. The molecule has 0 spiro atoms. The fourth-order valence-electron chi connectivity index (χ4n) is 5.43. The van der Waals surface area contributed by atoms with Gasteiger partial charge in [0.2, 0.25) is 0 Å². The van der Waals surface area contributed by atoms with Crippen LogP contribution in [0.3, 0.4) is 0 Å². The summed E-state index contributed by atoms with van der Waals surface area (Å²) in [5, 5.41) is 9.13. The van der Waals surface area contributed by atoms with Crippen molar-refractivity contribution in [2.45, 2.75) is 25.2 Å². The predicted molar refractivity (Wildman–Crippen MR) is 148 cm³/mol. The average Bonchev–Trinajstić information content (AvgIpc) is 2.92. The lowest BCUT2D eigenvalue weighted by Gasteiger charge is -2.44. The van der Waals surface area contributed by atoms with Crippen LogP contribution < -0.4 is 10.6 Å². The number of rotatable bonds is 5. The zero-order valence-corrected chi connectivity index (χ0v) is 21.8. The molecular formula is C32H26F3O2P. The van der Waals surface area contributed by atoms with Crippen molar-refractivity contribution < 1.29 is 22.8 Å². The second-order valence-corrected chi connectivity index (χ2v) is 12.4. The van der Waals surface area contributed by atoms with Crippen LogP contribution in [0.25, 0.3) is 10.8 Å². The summed E-state index contributed by atoms with van der Waals surface area (Å²) in [6.07, 6.45) is -4.99. The Kier molecular flexibility index (Phi) is 6.44. The molecule has 5 aromatic carbocycles. The van der Waals surface area contributed by atoms with Gasteiger partial charge in [-0.15, -0.1) is 0 Å². The van der Waals surface area contributed by atoms with E-state index in [0.717, 1.165) is 5.39 Å². The third-order valence-corrected chi connectivity index (χ3v) is 11.0. The van der Waals surface area contributed by atoms with Gasteiger partial charge in [0.15, 0.2) is 12.3 Å². The molecule has 192 valence electrons. The molecule has 1 N–H and O–H groups in total. The van der Waals surface area contributed by atoms with Gasteiger partial charge in [-0.05, 0) is 52.9 Å². The summed E-state index contributed by atoms with van der Waals surface area (Å²) in [7, 11) is -4.57. The van der Waals surface area contributed by atoms with E-state index >= 15 is 17.7 Å². The third kappa shape index (κ3) is 3.85. The van der Waals surface area contributed by atoms with Gasteiger partial charge in [0.1, 0.15) is 5.75 Å². The van der Waals surface area contributed by atoms with Gasteiger partial charge in [0.25, 0.3) is 0 Å². The standard InChI is InChI=1S/C32H26F3O2P/c1-22-19-27(20-23(2)30(22)36)31(32(33,34)35,26-18-17-24-11-9-10-12-25(24)21-26)38(37,28-13-5-3-6-14-28)29-15-7-4-8-16-29/h3-21,36H,1-2H3. The minimum Gasteiger partial charge on any atom is -0.507 e. The second kappa shape index (κ2) is 9.49. The molecule has 1 unspecified atom stereocenters. The molecule has 0 saturated heterocycles. The fraction of sp³-hybridized carbons (Fsp3) is 0.125. The average molecular weight is 531 g/mol. The number of halogens is 3. The van der Waals surface area contributed by atoms with E-state index in [9.17, 15) is 5.11 Å². The minimum atomic E-state index is -4.99. The normalized spacial score (nSPS) is 13.8. The summed E-state index contributed by atoms with van der Waals surface area (Å²) in [6, 6.07) is 30.3. The molecule has 0 fully saturated rings. The lowest BCUT2D eigenvalue weighted by Crippen LogP contribution is -2.48. The van der Waals surface area contributed by atoms with E-state index in [-0.39, 0.29) is 38.6 Å². The Bertz CT molecular complexity index is 1600. The van der Waals surface area contributed by atoms with Crippen molar-refractivity contribution in [2.75, 3.05) is 0 Å². The highest BCUT2D eigenvalue weighted by molar-refractivity contribution is 7.80. The smallest absolute Gasteiger partial charge is 0.409 e. The van der Waals surface area contributed by atoms with Crippen molar-refractivity contribution in [3.05, 3.63) is 138 Å². The number of aryl methyl sites for hydroxylation is 2. The highest BCUT2D eigenvalue weighted by Gasteiger charge is 2.68. The van der Waals surface area contributed by atoms with Crippen LogP contribution in [0.2, 0.25) is 0 Å². The molecule has 0 heterocycles. The van der Waals surface area contributed by atoms with Gasteiger partial charge in [-0.2, -0.15) is 13.2 Å². The van der Waals surface area contributed by atoms with E-state index in [1.165, 1.54) is 48.5 Å². The van der Waals surface area contributed by atoms with Gasteiger partial charge in [-0.3, -0.25) is 0 Å². The Labute approximate surface area is 219 Å². The summed E-state index contributed by atoms with van der Waals surface area (Å²) in [5.41, 5.74) is 0.262. The first-order valence-corrected chi connectivity index (χ1v) is 13.9. The number of hydrogen-bond acceptors (Lipinski definition) is 2. The lowest BCUT2D eigenvalue weighted by atomic mass is 9.86. The minimum absolute atomic E-state index is 0.0856. The molecule has 5 rings (SSSR count). The zero-order valence-electron chi connectivity index (χ0n) is 20.9. The number of aromatic hydroxyl groups is 1. The van der Waals surface area contributed by atoms with Crippen molar-refractivity contribution in [3.63, 3.8) is 0 Å². The number of benzene rings is 5. The topological polar surface area (TPSA) is 37.3 Å². The van der Waals surface area contributed by atoms with Crippen molar-refractivity contribution in [1.82, 2.24) is 0 Å². The molecule has 2 nitrogen and oxygen atoms in total. The Balaban J connectivity index is 2.05. The van der Waals surface area contributed by atoms with Crippen LogP contribution in [0.5, 0.6) is 5.75 Å². The third-order valence-electron chi connectivity index (χ3n) is 7.20. The first-order chi connectivity index (χ1) is 18.1. The van der Waals surface area contributed by atoms with Crippen molar-refractivity contribution in [3.8, 4) is 5.75 Å². The van der Waals surface area contributed by atoms with Gasteiger partial charge in [0, 0.05) is 10.6 Å². The van der Waals surface area contributed by atoms with Crippen molar-refractivity contribution >= 4 is 28.5 Å². The highest BCUT2D eigenvalue weighted by atomic mass is 31.2. The molecule has 0 saturated carbocycles. The van der Waals surface area contributed by atoms with Gasteiger partial charge in [0.05, 0.1) is 0 Å². The maximum absolute atomic E-state index is 16.1. The zero-order chi connectivity index (χ0) is 27.1. The molecule has 38 heavy (non-hydrogen) atoms. The Morgan fingerprint density at radius 3 is 1.58 bits per heavy atom. The summed E-state index contributed by atoms with van der Waals surface area (Å²) in [6.45, 7) is 3.12. The van der Waals surface area contributed by atoms with Crippen LogP contribution in [-0.4, -0.2) is 11.3 Å². The molecule has 0 bridgehead atoms. The molecule has 0 aliphatic rings. The largest absolute Gasteiger partial charge is 0.507 e. The molecule has 5 aromatic rings. The predicted octanol–water partition coefficient (Wildman–Crippen LogP) is 7.98. The first-order valence-electron chi connectivity index (χ1n) is 12.2. The van der Waals surface area contributed by atoms with Crippen LogP contribution in [0, 0.1) is 13.8 Å². The molecule has 0 aliphatic carbocycles. The van der Waals surface area contributed by atoms with Gasteiger partial charge in [-0.1, -0.05) is 109 Å². The SMILES string of the molecule is Cc1cc(C(c2ccc3ccccc3c2)(C(F)(F)F)P(=O)(c2ccccc2)c2ccccc2)cc(C)c1O. The highest BCUT2D eigenvalue weighted by Crippen LogP contribution is 2.71. The Morgan fingerprint density at radius 2 is 1.08 bits per heavy atom. The Hall–Kier alpha value is -3.82. The monoisotopic (exact) mass is 530 g/mol. The van der Waals surface area contributed by atoms with Crippen LogP contribution >= 0.6 is 7.14 Å². The van der Waals surface area contributed by atoms with Crippen molar-refractivity contribution in [2.24, 2.45) is 0 Å². The maximum Gasteiger partial charge on any atom is 0.409 e. The van der Waals surface area contributed by atoms with E-state index in [4.69, 9.17) is 0 Å². The van der Waals surface area contributed by atoms with Crippen LogP contribution in [-0.2, 0) is 9.72 Å². The summed E-state index contributed by atoms with van der Waals surface area (Å²) in [4.78, 5) is 0. The molecule has 0 aliphatic heterocycles. The van der Waals surface area contributed by atoms with Gasteiger partial charge in [-0.25, -0.2) is 0 Å². The van der Waals surface area contributed by atoms with Crippen molar-refractivity contribution in [1.29, 1.82) is 0 Å². The number of phenolic OH excluding ortho intramolecular Hbond substituents is 1. The Morgan fingerprint density at radius 1 is 0.605 bits per heavy atom. The molecule has 0 radical (unpaired) electrons. The summed E-state index contributed by atoms with van der Waals surface area (Å²) >= 11 is 0.